The van der Waals surface area contributed by atoms with Crippen molar-refractivity contribution in [2.45, 2.75) is 0 Å². The number of phenolic OH excluding ortho intramolecular Hbond substituents is 1. The summed E-state index contributed by atoms with van der Waals surface area (Å²) in [4.78, 5) is 24.5. The average molecular weight is 295 g/mol. The Morgan fingerprint density at radius 2 is 1.77 bits per heavy atom. The van der Waals surface area contributed by atoms with Crippen LogP contribution in [0.25, 0.3) is 0 Å². The van der Waals surface area contributed by atoms with Gasteiger partial charge in [0.05, 0.1) is 18.4 Å². The number of carbonyl (C=O) groups is 2. The molecule has 3 rings (SSSR count). The third kappa shape index (κ3) is 2.33. The van der Waals surface area contributed by atoms with E-state index in [0.29, 0.717) is 11.4 Å². The minimum atomic E-state index is -0.399. The third-order valence-electron chi connectivity index (χ3n) is 3.42. The highest BCUT2D eigenvalue weighted by Gasteiger charge is 2.27. The summed E-state index contributed by atoms with van der Waals surface area (Å²) < 4.78 is 5.07. The van der Waals surface area contributed by atoms with Crippen molar-refractivity contribution in [2.24, 2.45) is 0 Å². The van der Waals surface area contributed by atoms with Crippen LogP contribution in [-0.2, 0) is 0 Å². The Bertz CT molecular complexity index is 791. The maximum Gasteiger partial charge on any atom is 0.210 e. The zero-order valence-electron chi connectivity index (χ0n) is 11.8. The predicted octanol–water partition coefficient (Wildman–Crippen LogP) is 2.78. The van der Waals surface area contributed by atoms with Gasteiger partial charge in [-0.05, 0) is 36.4 Å². The number of benzene rings is 2. The quantitative estimate of drug-likeness (QED) is 0.910. The van der Waals surface area contributed by atoms with Crippen LogP contribution >= 0.6 is 0 Å². The molecule has 0 unspecified atom stereocenters. The van der Waals surface area contributed by atoms with Crippen LogP contribution in [0.15, 0.2) is 54.2 Å². The number of ether oxygens (including phenoxy) is 1. The van der Waals surface area contributed by atoms with Gasteiger partial charge >= 0.3 is 0 Å². The Kier molecular flexibility index (Phi) is 3.39. The van der Waals surface area contributed by atoms with Crippen LogP contribution in [0, 0.1) is 0 Å². The fourth-order valence-electron chi connectivity index (χ4n) is 2.32. The van der Waals surface area contributed by atoms with Crippen LogP contribution in [0.1, 0.15) is 20.7 Å². The van der Waals surface area contributed by atoms with Crippen LogP contribution in [0.3, 0.4) is 0 Å². The topological polar surface area (TPSA) is 75.6 Å². The number of fused-ring (bicyclic) bond motifs is 1. The molecule has 1 aliphatic carbocycles. The highest BCUT2D eigenvalue weighted by atomic mass is 16.5. The monoisotopic (exact) mass is 295 g/mol. The van der Waals surface area contributed by atoms with Gasteiger partial charge < -0.3 is 15.2 Å². The summed E-state index contributed by atoms with van der Waals surface area (Å²) in [5.74, 6) is -0.221. The Morgan fingerprint density at radius 3 is 2.45 bits per heavy atom. The van der Waals surface area contributed by atoms with Crippen molar-refractivity contribution in [3.8, 4) is 11.5 Å². The lowest BCUT2D eigenvalue weighted by Gasteiger charge is -2.17. The van der Waals surface area contributed by atoms with Gasteiger partial charge in [0.1, 0.15) is 11.5 Å². The lowest BCUT2D eigenvalue weighted by Crippen LogP contribution is -2.21. The van der Waals surface area contributed by atoms with Crippen molar-refractivity contribution in [3.05, 3.63) is 65.4 Å². The number of aromatic hydroxyl groups is 1. The first-order valence-corrected chi connectivity index (χ1v) is 6.64. The Hall–Kier alpha value is -3.08. The number of ketones is 2. The fraction of sp³-hybridized carbons (Fsp3) is 0.0588. The molecule has 0 spiro atoms. The first kappa shape index (κ1) is 13.9. The fourth-order valence-corrected chi connectivity index (χ4v) is 2.32. The molecule has 0 aromatic heterocycles. The standard InChI is InChI=1S/C17H13NO4/c1-22-11-7-5-10(6-8-11)18-13-9-15(20)16-12(17(13)21)3-2-4-14(16)19/h2-9,18-19H,1H3. The van der Waals surface area contributed by atoms with E-state index in [9.17, 15) is 14.7 Å². The van der Waals surface area contributed by atoms with E-state index in [0.717, 1.165) is 0 Å². The number of Topliss-reactive ketones (excluding diaryl/α,β-unsaturated/α-hetero) is 1. The lowest BCUT2D eigenvalue weighted by molar-refractivity contribution is 0.0983. The van der Waals surface area contributed by atoms with Gasteiger partial charge in [-0.3, -0.25) is 9.59 Å². The van der Waals surface area contributed by atoms with E-state index >= 15 is 0 Å². The van der Waals surface area contributed by atoms with Crippen molar-refractivity contribution in [2.75, 3.05) is 12.4 Å². The predicted molar refractivity (Wildman–Crippen MR) is 81.5 cm³/mol. The smallest absolute Gasteiger partial charge is 0.210 e. The molecule has 22 heavy (non-hydrogen) atoms. The second kappa shape index (κ2) is 5.37. The maximum atomic E-state index is 12.4. The third-order valence-corrected chi connectivity index (χ3v) is 3.42. The number of rotatable bonds is 3. The molecule has 0 bridgehead atoms. The molecule has 0 saturated heterocycles. The molecule has 5 nitrogen and oxygen atoms in total. The second-order valence-electron chi connectivity index (χ2n) is 4.80. The molecule has 2 aromatic rings. The first-order valence-electron chi connectivity index (χ1n) is 6.64. The highest BCUT2D eigenvalue weighted by molar-refractivity contribution is 6.26. The van der Waals surface area contributed by atoms with Gasteiger partial charge in [-0.25, -0.2) is 0 Å². The van der Waals surface area contributed by atoms with E-state index in [-0.39, 0.29) is 28.4 Å². The minimum absolute atomic E-state index is 0.0489. The van der Waals surface area contributed by atoms with Crippen molar-refractivity contribution >= 4 is 17.3 Å². The summed E-state index contributed by atoms with van der Waals surface area (Å²) in [6.45, 7) is 0. The molecule has 0 saturated carbocycles. The molecule has 0 radical (unpaired) electrons. The normalized spacial score (nSPS) is 13.4. The summed E-state index contributed by atoms with van der Waals surface area (Å²) in [6.07, 6.45) is 1.20. The van der Waals surface area contributed by atoms with Gasteiger partial charge in [-0.2, -0.15) is 0 Å². The maximum absolute atomic E-state index is 12.4. The Morgan fingerprint density at radius 1 is 1.05 bits per heavy atom. The van der Waals surface area contributed by atoms with E-state index in [4.69, 9.17) is 4.74 Å². The zero-order chi connectivity index (χ0) is 15.7. The molecule has 2 N–H and O–H groups in total. The van der Waals surface area contributed by atoms with Crippen molar-refractivity contribution in [1.82, 2.24) is 0 Å². The molecule has 0 aliphatic heterocycles. The van der Waals surface area contributed by atoms with Gasteiger partial charge in [0, 0.05) is 17.3 Å². The van der Waals surface area contributed by atoms with Crippen LogP contribution in [0.5, 0.6) is 11.5 Å². The number of anilines is 1. The van der Waals surface area contributed by atoms with Gasteiger partial charge in [0.15, 0.2) is 5.78 Å². The number of hydrogen-bond donors (Lipinski definition) is 2. The van der Waals surface area contributed by atoms with E-state index in [1.165, 1.54) is 24.3 Å². The Balaban J connectivity index is 1.93. The first-order chi connectivity index (χ1) is 10.6. The van der Waals surface area contributed by atoms with E-state index in [2.05, 4.69) is 5.32 Å². The number of nitrogens with one attached hydrogen (secondary N) is 1. The molecule has 0 atom stereocenters. The van der Waals surface area contributed by atoms with Gasteiger partial charge in [0.25, 0.3) is 0 Å². The van der Waals surface area contributed by atoms with E-state index in [1.54, 1.807) is 31.4 Å². The Labute approximate surface area is 126 Å². The molecule has 2 aromatic carbocycles. The van der Waals surface area contributed by atoms with Gasteiger partial charge in [-0.15, -0.1) is 0 Å². The summed E-state index contributed by atoms with van der Waals surface area (Å²) in [5, 5.41) is 12.7. The van der Waals surface area contributed by atoms with Gasteiger partial charge in [0.2, 0.25) is 5.78 Å². The minimum Gasteiger partial charge on any atom is -0.507 e. The van der Waals surface area contributed by atoms with Crippen molar-refractivity contribution < 1.29 is 19.4 Å². The second-order valence-corrected chi connectivity index (χ2v) is 4.80. The van der Waals surface area contributed by atoms with E-state index in [1.807, 2.05) is 0 Å². The van der Waals surface area contributed by atoms with Crippen molar-refractivity contribution in [1.29, 1.82) is 0 Å². The molecular formula is C17H13NO4. The number of carbonyl (C=O) groups excluding carboxylic acids is 2. The lowest BCUT2D eigenvalue weighted by atomic mass is 9.92. The van der Waals surface area contributed by atoms with Crippen LogP contribution < -0.4 is 10.1 Å². The average Bonchev–Trinajstić information content (AvgIpc) is 2.53. The van der Waals surface area contributed by atoms with E-state index < -0.39 is 5.78 Å². The molecule has 1 aliphatic rings. The number of phenols is 1. The summed E-state index contributed by atoms with van der Waals surface area (Å²) in [6, 6.07) is 11.4. The van der Waals surface area contributed by atoms with Crippen LogP contribution in [0.4, 0.5) is 5.69 Å². The van der Waals surface area contributed by atoms with Crippen molar-refractivity contribution in [3.63, 3.8) is 0 Å². The number of methoxy groups -OCH3 is 1. The molecular weight excluding hydrogens is 282 g/mol. The van der Waals surface area contributed by atoms with Crippen LogP contribution in [0.2, 0.25) is 0 Å². The van der Waals surface area contributed by atoms with Gasteiger partial charge in [-0.1, -0.05) is 6.07 Å². The van der Waals surface area contributed by atoms with Crippen LogP contribution in [-0.4, -0.2) is 23.8 Å². The summed E-state index contributed by atoms with van der Waals surface area (Å²) in [7, 11) is 1.57. The zero-order valence-corrected chi connectivity index (χ0v) is 11.8. The number of allylic oxidation sites excluding steroid dienone is 2. The number of hydrogen-bond acceptors (Lipinski definition) is 5. The summed E-state index contributed by atoms with van der Waals surface area (Å²) in [5.41, 5.74) is 1.08. The SMILES string of the molecule is COc1ccc(NC2=CC(=O)c3c(O)cccc3C2=O)cc1. The molecule has 5 heteroatoms. The highest BCUT2D eigenvalue weighted by Crippen LogP contribution is 2.29. The molecule has 0 amide bonds. The molecule has 0 fully saturated rings. The summed E-state index contributed by atoms with van der Waals surface area (Å²) >= 11 is 0. The largest absolute Gasteiger partial charge is 0.507 e. The molecule has 110 valence electrons. The molecule has 0 heterocycles.